The molecule has 16 aromatic carbocycles. The molecule has 0 amide bonds. The van der Waals surface area contributed by atoms with E-state index in [2.05, 4.69) is 466 Å². The lowest BCUT2D eigenvalue weighted by Crippen LogP contribution is -2.12. The predicted molar refractivity (Wildman–Crippen MR) is 477 cm³/mol. The summed E-state index contributed by atoms with van der Waals surface area (Å²) in [5.74, 6) is 0. The molecule has 0 saturated heterocycles. The number of anilines is 12. The zero-order valence-corrected chi connectivity index (χ0v) is 62.7. The van der Waals surface area contributed by atoms with Crippen molar-refractivity contribution in [3.05, 3.63) is 437 Å². The first kappa shape index (κ1) is 67.1. The minimum atomic E-state index is 1.03. The van der Waals surface area contributed by atoms with E-state index in [9.17, 15) is 0 Å². The second-order valence-electron chi connectivity index (χ2n) is 28.1. The molecule has 20 aromatic rings. The van der Waals surface area contributed by atoms with E-state index < -0.39 is 0 Å². The van der Waals surface area contributed by atoms with Crippen molar-refractivity contribution >= 4 is 135 Å². The van der Waals surface area contributed by atoms with Crippen molar-refractivity contribution in [1.29, 1.82) is 0 Å². The zero-order chi connectivity index (χ0) is 74.3. The van der Waals surface area contributed by atoms with Crippen molar-refractivity contribution in [3.8, 4) is 64.3 Å². The van der Waals surface area contributed by atoms with Gasteiger partial charge in [0.05, 0.1) is 22.1 Å². The van der Waals surface area contributed by atoms with E-state index >= 15 is 0 Å². The van der Waals surface area contributed by atoms with Crippen LogP contribution in [0.2, 0.25) is 0 Å². The monoisotopic (exact) mass is 1470 g/mol. The summed E-state index contributed by atoms with van der Waals surface area (Å²) in [4.78, 5) is 14.5. The molecule has 0 saturated carbocycles. The summed E-state index contributed by atoms with van der Waals surface area (Å²) in [5.41, 5.74) is 26.6. The first-order valence-electron chi connectivity index (χ1n) is 37.9. The molecule has 112 heavy (non-hydrogen) atoms. The Balaban J connectivity index is 0.657. The molecule has 0 N–H and O–H groups in total. The quantitative estimate of drug-likeness (QED) is 0.0805. The Hall–Kier alpha value is -14.3. The highest BCUT2D eigenvalue weighted by molar-refractivity contribution is 7.19. The number of para-hydroxylation sites is 6. The van der Waals surface area contributed by atoms with Crippen LogP contribution in [0.4, 0.5) is 68.2 Å². The van der Waals surface area contributed by atoms with Gasteiger partial charge in [0, 0.05) is 121 Å². The number of aromatic nitrogens is 2. The lowest BCUT2D eigenvalue weighted by Gasteiger charge is -2.29. The molecule has 0 fully saturated rings. The van der Waals surface area contributed by atoms with E-state index in [1.54, 1.807) is 0 Å². The van der Waals surface area contributed by atoms with Crippen molar-refractivity contribution < 1.29 is 0 Å². The molecular formula is C104H72N6S2. The zero-order valence-electron chi connectivity index (χ0n) is 61.1. The van der Waals surface area contributed by atoms with Crippen molar-refractivity contribution in [2.45, 2.75) is 0 Å². The van der Waals surface area contributed by atoms with Gasteiger partial charge in [0.2, 0.25) is 0 Å². The molecular weight excluding hydrogens is 1400 g/mol. The van der Waals surface area contributed by atoms with Crippen molar-refractivity contribution in [1.82, 2.24) is 9.13 Å². The lowest BCUT2D eigenvalue weighted by atomic mass is 10.0. The fraction of sp³-hybridized carbons (Fsp3) is 0. The molecule has 20 rings (SSSR count). The van der Waals surface area contributed by atoms with Crippen LogP contribution in [-0.2, 0) is 0 Å². The van der Waals surface area contributed by atoms with E-state index in [0.717, 1.165) is 102 Å². The molecule has 0 aliphatic rings. The summed E-state index contributed by atoms with van der Waals surface area (Å²) in [6.45, 7) is 0. The number of rotatable bonds is 19. The highest BCUT2D eigenvalue weighted by Gasteiger charge is 2.24. The van der Waals surface area contributed by atoms with E-state index in [1.165, 1.54) is 74.3 Å². The Morgan fingerprint density at radius 2 is 0.366 bits per heavy atom. The predicted octanol–water partition coefficient (Wildman–Crippen LogP) is 30.2. The maximum absolute atomic E-state index is 2.40. The second kappa shape index (κ2) is 29.4. The molecule has 0 aliphatic carbocycles. The van der Waals surface area contributed by atoms with Gasteiger partial charge in [0.1, 0.15) is 0 Å². The van der Waals surface area contributed by atoms with E-state index in [1.807, 2.05) is 22.7 Å². The van der Waals surface area contributed by atoms with Crippen LogP contribution in [-0.4, -0.2) is 9.13 Å². The van der Waals surface area contributed by atoms with E-state index in [-0.39, 0.29) is 0 Å². The van der Waals surface area contributed by atoms with E-state index in [0.29, 0.717) is 0 Å². The molecule has 4 aromatic heterocycles. The number of thiophene rings is 2. The Morgan fingerprint density at radius 3 is 0.679 bits per heavy atom. The standard InChI is InChI=1S/C104H72N6S2/c1-7-23-75(24-8-1)101-67-69-103(111-101)77-43-51-83(52-44-77)105(79-27-11-3-12-28-79)87-55-59-89(60-56-87)107(91-63-65-99-95(71-91)93-35-19-21-37-97(93)109(99)81-31-15-5-16-32-81)85-47-39-73(40-48-85)74-41-49-86(50-42-74)108(92-64-66-100-96(72-92)94-36-20-22-38-98(94)110(100)82-33-17-6-18-34-82)90-61-57-88(58-62-90)106(80-29-13-4-14-30-80)84-53-45-78(46-54-84)104-70-68-102(112-104)76-25-9-2-10-26-76/h1-72H. The van der Waals surface area contributed by atoms with Gasteiger partial charge in [-0.25, -0.2) is 0 Å². The molecule has 4 heterocycles. The first-order chi connectivity index (χ1) is 55.5. The van der Waals surface area contributed by atoms with Crippen LogP contribution in [0.5, 0.6) is 0 Å². The number of nitrogens with zero attached hydrogens (tertiary/aromatic N) is 6. The van der Waals surface area contributed by atoms with Crippen LogP contribution in [0.1, 0.15) is 0 Å². The maximum Gasteiger partial charge on any atom is 0.0542 e. The van der Waals surface area contributed by atoms with Gasteiger partial charge in [-0.15, -0.1) is 22.7 Å². The molecule has 530 valence electrons. The maximum atomic E-state index is 2.40. The summed E-state index contributed by atoms with van der Waals surface area (Å²) in [6.07, 6.45) is 0. The highest BCUT2D eigenvalue weighted by atomic mass is 32.1. The molecule has 6 nitrogen and oxygen atoms in total. The highest BCUT2D eigenvalue weighted by Crippen LogP contribution is 2.47. The van der Waals surface area contributed by atoms with Crippen molar-refractivity contribution in [2.24, 2.45) is 0 Å². The molecule has 0 bridgehead atoms. The number of fused-ring (bicyclic) bond motifs is 6. The fourth-order valence-corrected chi connectivity index (χ4v) is 18.0. The molecule has 0 spiro atoms. The van der Waals surface area contributed by atoms with Crippen LogP contribution in [0.25, 0.3) is 108 Å². The third-order valence-electron chi connectivity index (χ3n) is 21.4. The average molecular weight is 1470 g/mol. The minimum Gasteiger partial charge on any atom is -0.311 e. The van der Waals surface area contributed by atoms with Crippen LogP contribution >= 0.6 is 22.7 Å². The third-order valence-corrected chi connectivity index (χ3v) is 23.7. The van der Waals surface area contributed by atoms with Gasteiger partial charge in [-0.1, -0.05) is 218 Å². The van der Waals surface area contributed by atoms with Gasteiger partial charge in [-0.2, -0.15) is 0 Å². The van der Waals surface area contributed by atoms with Gasteiger partial charge in [0.25, 0.3) is 0 Å². The molecule has 0 radical (unpaired) electrons. The normalized spacial score (nSPS) is 11.4. The van der Waals surface area contributed by atoms with Crippen molar-refractivity contribution in [2.75, 3.05) is 19.6 Å². The Morgan fingerprint density at radius 1 is 0.152 bits per heavy atom. The molecule has 8 heteroatoms. The second-order valence-corrected chi connectivity index (χ2v) is 30.2. The number of hydrogen-bond acceptors (Lipinski definition) is 6. The number of hydrogen-bond donors (Lipinski definition) is 0. The third kappa shape index (κ3) is 12.7. The van der Waals surface area contributed by atoms with Gasteiger partial charge in [-0.05, 0) is 252 Å². The molecule has 0 atom stereocenters. The van der Waals surface area contributed by atoms with Crippen molar-refractivity contribution in [3.63, 3.8) is 0 Å². The average Bonchev–Trinajstić information content (AvgIpc) is 1.57. The summed E-state index contributed by atoms with van der Waals surface area (Å²) in [5, 5.41) is 4.76. The first-order valence-corrected chi connectivity index (χ1v) is 39.6. The summed E-state index contributed by atoms with van der Waals surface area (Å²) in [7, 11) is 0. The van der Waals surface area contributed by atoms with Gasteiger partial charge in [0.15, 0.2) is 0 Å². The van der Waals surface area contributed by atoms with Gasteiger partial charge in [-0.3, -0.25) is 0 Å². The van der Waals surface area contributed by atoms with Crippen LogP contribution in [0, 0.1) is 0 Å². The van der Waals surface area contributed by atoms with Crippen LogP contribution in [0.15, 0.2) is 437 Å². The summed E-state index contributed by atoms with van der Waals surface area (Å²) in [6, 6.07) is 159. The fourth-order valence-electron chi connectivity index (χ4n) is 16.0. The minimum absolute atomic E-state index is 1.03. The molecule has 0 unspecified atom stereocenters. The van der Waals surface area contributed by atoms with E-state index in [4.69, 9.17) is 0 Å². The SMILES string of the molecule is c1ccc(-c2ccc(-c3ccc(N(c4ccccc4)c4ccc(N(c5ccc(-c6ccc(N(c7ccc(N(c8ccccc8)c8ccc(-c9ccc(-c%10ccccc%10)s9)cc8)cc7)c7ccc8c(c7)c7ccccc7n8-c7ccccc7)cc6)cc5)c5ccc6c(c5)c5ccccc5n6-c5ccccc5)cc4)cc3)s2)cc1. The Bertz CT molecular complexity index is 6270. The summed E-state index contributed by atoms with van der Waals surface area (Å²) < 4.78 is 4.77. The molecule has 0 aliphatic heterocycles. The largest absolute Gasteiger partial charge is 0.311 e. The Labute approximate surface area is 659 Å². The van der Waals surface area contributed by atoms with Crippen LogP contribution < -0.4 is 19.6 Å². The van der Waals surface area contributed by atoms with Gasteiger partial charge < -0.3 is 28.7 Å². The van der Waals surface area contributed by atoms with Crippen LogP contribution in [0.3, 0.4) is 0 Å². The summed E-state index contributed by atoms with van der Waals surface area (Å²) >= 11 is 3.65. The van der Waals surface area contributed by atoms with Gasteiger partial charge >= 0.3 is 0 Å². The Kier molecular flexibility index (Phi) is 17.6. The number of benzene rings is 16. The topological polar surface area (TPSA) is 22.8 Å². The lowest BCUT2D eigenvalue weighted by molar-refractivity contribution is 1.18. The smallest absolute Gasteiger partial charge is 0.0542 e.